The molecule has 0 amide bonds. The minimum atomic E-state index is -4.44. The van der Waals surface area contributed by atoms with E-state index in [1.807, 2.05) is 41.1 Å². The van der Waals surface area contributed by atoms with Crippen LogP contribution in [-0.4, -0.2) is 16.8 Å². The molecule has 0 atom stereocenters. The maximum absolute atomic E-state index is 14.1. The fourth-order valence-corrected chi connectivity index (χ4v) is 8.62. The fraction of sp³-hybridized carbons (Fsp3) is 0. The first-order chi connectivity index (χ1) is 29.1. The molecule has 0 spiro atoms. The molecule has 0 bridgehead atoms. The van der Waals surface area contributed by atoms with E-state index in [0.29, 0.717) is 10.6 Å². The number of nitrogen functional groups attached to an aromatic ring is 1. The van der Waals surface area contributed by atoms with E-state index in [1.54, 1.807) is 36.4 Å². The maximum atomic E-state index is 14.1. The summed E-state index contributed by atoms with van der Waals surface area (Å²) < 4.78 is 115. The summed E-state index contributed by atoms with van der Waals surface area (Å²) in [6.45, 7) is 0. The number of rotatable bonds is 6. The Morgan fingerprint density at radius 2 is 0.871 bits per heavy atom. The smallest absolute Gasteiger partial charge is 0.265 e. The zero-order valence-corrected chi connectivity index (χ0v) is 37.8. The van der Waals surface area contributed by atoms with Crippen LogP contribution in [0.4, 0.5) is 33.3 Å². The Morgan fingerprint density at radius 1 is 0.435 bits per heavy atom. The summed E-state index contributed by atoms with van der Waals surface area (Å²) in [4.78, 5) is -1.48. The summed E-state index contributed by atoms with van der Waals surface area (Å²) in [5, 5.41) is -0.382. The van der Waals surface area contributed by atoms with Gasteiger partial charge in [-0.2, -0.15) is 0 Å². The van der Waals surface area contributed by atoms with Gasteiger partial charge in [0.1, 0.15) is 27.2 Å². The van der Waals surface area contributed by atoms with Crippen molar-refractivity contribution < 1.29 is 38.8 Å². The standard InChI is InChI=1S/C18H11Cl2F2NO2S.C12H10FN.C6H2Cl3FO2S.C6H3Cl2F/c19-13-9-14(20)18(22)17(10-13)26(24,25)23-16-8-12(6-7-15(16)21)11-4-2-1-3-5-11;13-11-7-6-10(8-12(11)14)9-4-2-1-3-5-9;7-3-1-4(8)6(10)5(2-3)13(9,11)12;7-4-1-2-6(9)5(8)3-4/h1-10,23H;1-8H,14H2;1-2H;1-3H. The molecule has 0 aliphatic carbocycles. The first kappa shape index (κ1) is 50.4. The highest BCUT2D eigenvalue weighted by atomic mass is 35.7. The molecule has 0 unspecified atom stereocenters. The van der Waals surface area contributed by atoms with Crippen LogP contribution in [0.1, 0.15) is 0 Å². The van der Waals surface area contributed by atoms with Crippen LogP contribution in [0.5, 0.6) is 0 Å². The van der Waals surface area contributed by atoms with Crippen molar-refractivity contribution in [1.82, 2.24) is 0 Å². The van der Waals surface area contributed by atoms with Crippen molar-refractivity contribution in [3.8, 4) is 22.3 Å². The molecule has 7 aromatic carbocycles. The minimum Gasteiger partial charge on any atom is -0.396 e. The van der Waals surface area contributed by atoms with E-state index in [2.05, 4.69) is 0 Å². The first-order valence-corrected chi connectivity index (χ1v) is 23.0. The average molecular weight is 1030 g/mol. The molecule has 0 aromatic heterocycles. The van der Waals surface area contributed by atoms with Crippen molar-refractivity contribution in [2.45, 2.75) is 9.79 Å². The van der Waals surface area contributed by atoms with Crippen LogP contribution in [0.3, 0.4) is 0 Å². The van der Waals surface area contributed by atoms with Crippen molar-refractivity contribution in [3.05, 3.63) is 199 Å². The number of halogens is 12. The van der Waals surface area contributed by atoms with Crippen LogP contribution < -0.4 is 10.5 Å². The molecule has 3 N–H and O–H groups in total. The number of nitrogens with one attached hydrogen (secondary N) is 1. The van der Waals surface area contributed by atoms with Crippen LogP contribution in [0.15, 0.2) is 149 Å². The van der Waals surface area contributed by atoms with Gasteiger partial charge in [0.05, 0.1) is 26.4 Å². The Morgan fingerprint density at radius 3 is 1.34 bits per heavy atom. The summed E-state index contributed by atoms with van der Waals surface area (Å²) in [6, 6.07) is 35.5. The molecule has 7 rings (SSSR count). The third kappa shape index (κ3) is 14.4. The molecule has 0 aliphatic rings. The van der Waals surface area contributed by atoms with Gasteiger partial charge in [-0.3, -0.25) is 4.72 Å². The SMILES string of the molecule is Fc1ccc(Cl)cc1Cl.Nc1cc(-c2ccccc2)ccc1F.O=S(=O)(Cl)c1cc(Cl)cc(Cl)c1F.O=S(=O)(Nc1cc(-c2ccccc2)ccc1F)c1cc(Cl)cc(Cl)c1F. The van der Waals surface area contributed by atoms with Gasteiger partial charge in [0.25, 0.3) is 19.1 Å². The molecule has 0 heterocycles. The van der Waals surface area contributed by atoms with Gasteiger partial charge in [0, 0.05) is 25.8 Å². The average Bonchev–Trinajstić information content (AvgIpc) is 3.22. The Bertz CT molecular complexity index is 2920. The second kappa shape index (κ2) is 22.4. The molecule has 20 heteroatoms. The molecule has 0 aliphatic heterocycles. The third-order valence-corrected chi connectivity index (χ3v) is 12.0. The highest BCUT2D eigenvalue weighted by Gasteiger charge is 2.24. The monoisotopic (exact) mass is 1030 g/mol. The van der Waals surface area contributed by atoms with Gasteiger partial charge in [-0.25, -0.2) is 38.8 Å². The van der Waals surface area contributed by atoms with E-state index >= 15 is 0 Å². The summed E-state index contributed by atoms with van der Waals surface area (Å²) in [6.07, 6.45) is 0. The van der Waals surface area contributed by atoms with Crippen LogP contribution in [0.2, 0.25) is 30.1 Å². The molecule has 0 saturated carbocycles. The predicted molar refractivity (Wildman–Crippen MR) is 241 cm³/mol. The Labute approximate surface area is 388 Å². The number of nitrogens with two attached hydrogens (primary N) is 1. The molecule has 62 heavy (non-hydrogen) atoms. The predicted octanol–water partition coefficient (Wildman–Crippen LogP) is 15.0. The van der Waals surface area contributed by atoms with Crippen molar-refractivity contribution in [2.24, 2.45) is 0 Å². The molecule has 0 saturated heterocycles. The second-order valence-electron chi connectivity index (χ2n) is 12.2. The molecular formula is C42H26Cl7F5N2O4S2. The van der Waals surface area contributed by atoms with Crippen LogP contribution >= 0.6 is 80.3 Å². The largest absolute Gasteiger partial charge is 0.396 e. The van der Waals surface area contributed by atoms with Crippen LogP contribution in [-0.2, 0) is 19.1 Å². The lowest BCUT2D eigenvalue weighted by Gasteiger charge is -2.12. The van der Waals surface area contributed by atoms with Crippen molar-refractivity contribution in [3.63, 3.8) is 0 Å². The summed E-state index contributed by atoms with van der Waals surface area (Å²) in [5.41, 5.74) is 8.69. The number of hydrogen-bond acceptors (Lipinski definition) is 5. The lowest BCUT2D eigenvalue weighted by Crippen LogP contribution is -2.16. The number of benzene rings is 7. The summed E-state index contributed by atoms with van der Waals surface area (Å²) in [7, 11) is -3.67. The molecule has 324 valence electrons. The Kier molecular flexibility index (Phi) is 18.2. The van der Waals surface area contributed by atoms with Gasteiger partial charge < -0.3 is 5.73 Å². The fourth-order valence-electron chi connectivity index (χ4n) is 4.88. The van der Waals surface area contributed by atoms with Gasteiger partial charge in [-0.05, 0) is 89.0 Å². The maximum Gasteiger partial charge on any atom is 0.265 e. The summed E-state index contributed by atoms with van der Waals surface area (Å²) in [5.74, 6) is -3.88. The van der Waals surface area contributed by atoms with E-state index in [0.717, 1.165) is 47.0 Å². The van der Waals surface area contributed by atoms with Crippen LogP contribution in [0, 0.1) is 29.1 Å². The zero-order chi connectivity index (χ0) is 45.9. The second-order valence-corrected chi connectivity index (χ2v) is 18.9. The highest BCUT2D eigenvalue weighted by Crippen LogP contribution is 2.32. The van der Waals surface area contributed by atoms with Crippen molar-refractivity contribution in [2.75, 3.05) is 10.5 Å². The number of hydrogen-bond donors (Lipinski definition) is 2. The Balaban J connectivity index is 0.000000198. The van der Waals surface area contributed by atoms with E-state index in [1.165, 1.54) is 36.4 Å². The highest BCUT2D eigenvalue weighted by molar-refractivity contribution is 8.13. The van der Waals surface area contributed by atoms with Gasteiger partial charge >= 0.3 is 0 Å². The van der Waals surface area contributed by atoms with Gasteiger partial charge in [-0.15, -0.1) is 0 Å². The number of sulfonamides is 1. The topological polar surface area (TPSA) is 106 Å². The molecule has 0 radical (unpaired) electrons. The Hall–Kier alpha value is -4.28. The first-order valence-electron chi connectivity index (χ1n) is 16.9. The van der Waals surface area contributed by atoms with E-state index in [9.17, 15) is 38.8 Å². The number of anilines is 2. The molecule has 6 nitrogen and oxygen atoms in total. The molecular weight excluding hydrogens is 1000 g/mol. The van der Waals surface area contributed by atoms with Crippen LogP contribution in [0.25, 0.3) is 22.3 Å². The summed E-state index contributed by atoms with van der Waals surface area (Å²) >= 11 is 33.0. The van der Waals surface area contributed by atoms with E-state index in [-0.39, 0.29) is 37.3 Å². The molecule has 7 aromatic rings. The van der Waals surface area contributed by atoms with Gasteiger partial charge in [0.15, 0.2) is 11.6 Å². The van der Waals surface area contributed by atoms with Gasteiger partial charge in [0.2, 0.25) is 0 Å². The van der Waals surface area contributed by atoms with E-state index < -0.39 is 57.2 Å². The quantitative estimate of drug-likeness (QED) is 0.0747. The third-order valence-electron chi connectivity index (χ3n) is 7.77. The van der Waals surface area contributed by atoms with Crippen molar-refractivity contribution in [1.29, 1.82) is 0 Å². The zero-order valence-electron chi connectivity index (χ0n) is 30.8. The normalized spacial score (nSPS) is 10.9. The van der Waals surface area contributed by atoms with E-state index in [4.69, 9.17) is 86.0 Å². The lowest BCUT2D eigenvalue weighted by atomic mass is 10.1. The minimum absolute atomic E-state index is 0.00521. The molecule has 0 fully saturated rings. The van der Waals surface area contributed by atoms with Gasteiger partial charge in [-0.1, -0.05) is 142 Å². The lowest BCUT2D eigenvalue weighted by molar-refractivity contribution is 0.569. The van der Waals surface area contributed by atoms with Crippen molar-refractivity contribution >= 4 is 111 Å².